The van der Waals surface area contributed by atoms with Gasteiger partial charge in [0.1, 0.15) is 5.00 Å². The highest BCUT2D eigenvalue weighted by atomic mass is 79.9. The van der Waals surface area contributed by atoms with E-state index < -0.39 is 22.3 Å². The van der Waals surface area contributed by atoms with Crippen LogP contribution >= 0.6 is 27.3 Å². The number of phenolic OH excluding ortho intramolecular Hbond substituents is 1. The van der Waals surface area contributed by atoms with Crippen molar-refractivity contribution in [3.8, 4) is 5.75 Å². The first-order chi connectivity index (χ1) is 12.8. The summed E-state index contributed by atoms with van der Waals surface area (Å²) < 4.78 is 5.35. The van der Waals surface area contributed by atoms with Gasteiger partial charge in [0.25, 0.3) is 0 Å². The molecule has 10 heteroatoms. The lowest BCUT2D eigenvalue weighted by Crippen LogP contribution is -2.26. The number of likely N-dealkylation sites (N-methyl/N-ethyl adjacent to an activating group) is 1. The van der Waals surface area contributed by atoms with E-state index in [1.807, 2.05) is 7.05 Å². The highest BCUT2D eigenvalue weighted by Gasteiger charge is 2.27. The second kappa shape index (κ2) is 7.75. The number of fused-ring (bicyclic) bond motifs is 1. The van der Waals surface area contributed by atoms with Gasteiger partial charge >= 0.3 is 11.7 Å². The van der Waals surface area contributed by atoms with Crippen LogP contribution in [-0.4, -0.2) is 47.8 Å². The van der Waals surface area contributed by atoms with Crippen LogP contribution in [0.15, 0.2) is 21.6 Å². The molecule has 0 saturated carbocycles. The summed E-state index contributed by atoms with van der Waals surface area (Å²) in [5.41, 5.74) is 1.11. The van der Waals surface area contributed by atoms with Gasteiger partial charge in [-0.05, 0) is 25.1 Å². The Balaban J connectivity index is 2.06. The number of esters is 1. The molecule has 0 radical (unpaired) electrons. The summed E-state index contributed by atoms with van der Waals surface area (Å²) >= 11 is 4.57. The van der Waals surface area contributed by atoms with Crippen molar-refractivity contribution in [3.05, 3.63) is 48.3 Å². The van der Waals surface area contributed by atoms with Crippen LogP contribution in [-0.2, 0) is 17.7 Å². The number of nitro benzene ring substituents is 1. The summed E-state index contributed by atoms with van der Waals surface area (Å²) in [7, 11) is 3.32. The second-order valence-corrected chi connectivity index (χ2v) is 8.04. The number of thiophene rings is 1. The lowest BCUT2D eigenvalue weighted by atomic mass is 10.0. The van der Waals surface area contributed by atoms with E-state index in [1.165, 1.54) is 36.8 Å². The van der Waals surface area contributed by atoms with E-state index in [0.29, 0.717) is 21.6 Å². The van der Waals surface area contributed by atoms with Gasteiger partial charge in [-0.2, -0.15) is 0 Å². The van der Waals surface area contributed by atoms with Crippen LogP contribution in [0, 0.1) is 10.1 Å². The number of aromatic hydroxyl groups is 1. The van der Waals surface area contributed by atoms with Crippen molar-refractivity contribution in [3.63, 3.8) is 0 Å². The topological polar surface area (TPSA) is 105 Å². The monoisotopic (exact) mass is 453 g/mol. The van der Waals surface area contributed by atoms with Crippen LogP contribution in [0.4, 0.5) is 10.7 Å². The van der Waals surface area contributed by atoms with E-state index >= 15 is 0 Å². The molecular weight excluding hydrogens is 438 g/mol. The maximum absolute atomic E-state index is 12.3. The molecule has 1 aromatic carbocycles. The minimum Gasteiger partial charge on any atom is -0.502 e. The average Bonchev–Trinajstić information content (AvgIpc) is 2.98. The van der Waals surface area contributed by atoms with E-state index in [-0.39, 0.29) is 5.56 Å². The number of methoxy groups -OCH3 is 1. The van der Waals surface area contributed by atoms with Gasteiger partial charge in [0, 0.05) is 40.3 Å². The molecule has 0 saturated heterocycles. The number of carbonyl (C=O) groups excluding carboxylic acids is 1. The van der Waals surface area contributed by atoms with Gasteiger partial charge in [0.2, 0.25) is 5.75 Å². The number of carbonyl (C=O) groups is 1. The van der Waals surface area contributed by atoms with Crippen molar-refractivity contribution in [2.75, 3.05) is 20.7 Å². The third-order valence-electron chi connectivity index (χ3n) is 4.22. The fourth-order valence-electron chi connectivity index (χ4n) is 2.89. The zero-order valence-corrected chi connectivity index (χ0v) is 17.0. The van der Waals surface area contributed by atoms with Crippen molar-refractivity contribution in [1.29, 1.82) is 0 Å². The first kappa shape index (κ1) is 19.5. The highest BCUT2D eigenvalue weighted by Crippen LogP contribution is 2.40. The average molecular weight is 454 g/mol. The molecule has 1 aromatic heterocycles. The van der Waals surface area contributed by atoms with Gasteiger partial charge in [0.15, 0.2) is 0 Å². The van der Waals surface area contributed by atoms with Crippen molar-refractivity contribution in [1.82, 2.24) is 4.90 Å². The normalized spacial score (nSPS) is 14.3. The van der Waals surface area contributed by atoms with Gasteiger partial charge < -0.3 is 14.7 Å². The molecule has 8 nitrogen and oxygen atoms in total. The third-order valence-corrected chi connectivity index (χ3v) is 5.80. The number of halogens is 1. The Morgan fingerprint density at radius 3 is 2.93 bits per heavy atom. The molecule has 0 fully saturated rings. The first-order valence-electron chi connectivity index (χ1n) is 7.94. The summed E-state index contributed by atoms with van der Waals surface area (Å²) in [6, 6.07) is 2.73. The van der Waals surface area contributed by atoms with Crippen molar-refractivity contribution in [2.24, 2.45) is 4.99 Å². The lowest BCUT2D eigenvalue weighted by Gasteiger charge is -2.22. The molecule has 27 heavy (non-hydrogen) atoms. The quantitative estimate of drug-likeness (QED) is 0.327. The van der Waals surface area contributed by atoms with Crippen LogP contribution in [0.2, 0.25) is 0 Å². The molecule has 3 rings (SSSR count). The summed E-state index contributed by atoms with van der Waals surface area (Å²) in [6.07, 6.45) is 2.04. The van der Waals surface area contributed by atoms with Crippen LogP contribution in [0.25, 0.3) is 0 Å². The van der Waals surface area contributed by atoms with Crippen LogP contribution < -0.4 is 0 Å². The Bertz CT molecular complexity index is 957. The summed E-state index contributed by atoms with van der Waals surface area (Å²) in [4.78, 5) is 30.2. The van der Waals surface area contributed by atoms with Gasteiger partial charge in [-0.1, -0.05) is 15.9 Å². The molecule has 0 unspecified atom stereocenters. The zero-order chi connectivity index (χ0) is 19.7. The number of hydrogen-bond donors (Lipinski definition) is 1. The SMILES string of the molecule is COC(=O)c1c(N=Cc2cc(Br)cc([N+](=O)[O-])c2O)sc2c1CCN(C)C2. The molecule has 0 spiro atoms. The van der Waals surface area contributed by atoms with Crippen LogP contribution in [0.5, 0.6) is 5.75 Å². The Morgan fingerprint density at radius 1 is 1.52 bits per heavy atom. The Hall–Kier alpha value is -2.30. The maximum Gasteiger partial charge on any atom is 0.341 e. The van der Waals surface area contributed by atoms with Gasteiger partial charge in [-0.3, -0.25) is 10.1 Å². The molecule has 1 aliphatic heterocycles. The van der Waals surface area contributed by atoms with E-state index in [1.54, 1.807) is 0 Å². The van der Waals surface area contributed by atoms with Gasteiger partial charge in [0.05, 0.1) is 17.6 Å². The predicted molar refractivity (Wildman–Crippen MR) is 105 cm³/mol. The maximum atomic E-state index is 12.3. The first-order valence-corrected chi connectivity index (χ1v) is 9.55. The molecule has 0 atom stereocenters. The number of phenols is 1. The minimum absolute atomic E-state index is 0.176. The molecular formula is C17H16BrN3O5S. The summed E-state index contributed by atoms with van der Waals surface area (Å²) in [5.74, 6) is -0.943. The van der Waals surface area contributed by atoms with Crippen molar-refractivity contribution < 1.29 is 19.6 Å². The van der Waals surface area contributed by atoms with Gasteiger partial charge in [-0.15, -0.1) is 11.3 Å². The van der Waals surface area contributed by atoms with Crippen molar-refractivity contribution in [2.45, 2.75) is 13.0 Å². The molecule has 1 aliphatic rings. The summed E-state index contributed by atoms with van der Waals surface area (Å²) in [5, 5.41) is 21.7. The number of ether oxygens (including phenoxy) is 1. The Kier molecular flexibility index (Phi) is 5.59. The van der Waals surface area contributed by atoms with Crippen LogP contribution in [0.1, 0.15) is 26.4 Å². The number of aliphatic imine (C=N–C) groups is 1. The molecule has 142 valence electrons. The summed E-state index contributed by atoms with van der Waals surface area (Å²) in [6.45, 7) is 1.54. The van der Waals surface area contributed by atoms with E-state index in [4.69, 9.17) is 4.74 Å². The van der Waals surface area contributed by atoms with Crippen molar-refractivity contribution >= 4 is 50.1 Å². The zero-order valence-electron chi connectivity index (χ0n) is 14.6. The Labute approximate surface area is 167 Å². The second-order valence-electron chi connectivity index (χ2n) is 6.04. The number of benzene rings is 1. The number of nitrogens with zero attached hydrogens (tertiary/aromatic N) is 3. The molecule has 0 bridgehead atoms. The van der Waals surface area contributed by atoms with E-state index in [2.05, 4.69) is 25.8 Å². The predicted octanol–water partition coefficient (Wildman–Crippen LogP) is 3.65. The van der Waals surface area contributed by atoms with E-state index in [9.17, 15) is 20.0 Å². The minimum atomic E-state index is -0.670. The molecule has 0 amide bonds. The lowest BCUT2D eigenvalue weighted by molar-refractivity contribution is -0.385. The fourth-order valence-corrected chi connectivity index (χ4v) is 4.61. The fraction of sp³-hybridized carbons (Fsp3) is 0.294. The smallest absolute Gasteiger partial charge is 0.341 e. The standard InChI is InChI=1S/C17H16BrN3O5S/c1-20-4-3-11-13(8-20)27-16(14(11)17(23)26-2)19-7-9-5-10(18)6-12(15(9)22)21(24)25/h5-7,22H,3-4,8H2,1-2H3. The molecule has 0 aliphatic carbocycles. The molecule has 2 heterocycles. The number of rotatable bonds is 4. The third kappa shape index (κ3) is 3.87. The van der Waals surface area contributed by atoms with Crippen LogP contribution in [0.3, 0.4) is 0 Å². The molecule has 1 N–H and O–H groups in total. The number of nitro groups is 1. The van der Waals surface area contributed by atoms with E-state index in [0.717, 1.165) is 23.4 Å². The highest BCUT2D eigenvalue weighted by molar-refractivity contribution is 9.10. The van der Waals surface area contributed by atoms with Gasteiger partial charge in [-0.25, -0.2) is 9.79 Å². The molecule has 2 aromatic rings. The Morgan fingerprint density at radius 2 is 2.26 bits per heavy atom. The number of hydrogen-bond acceptors (Lipinski definition) is 8. The largest absolute Gasteiger partial charge is 0.502 e.